The van der Waals surface area contributed by atoms with Gasteiger partial charge >= 0.3 is 0 Å². The van der Waals surface area contributed by atoms with Gasteiger partial charge in [-0.15, -0.1) is 12.4 Å². The van der Waals surface area contributed by atoms with Crippen LogP contribution in [0.2, 0.25) is 0 Å². The molecule has 0 aromatic carbocycles. The van der Waals surface area contributed by atoms with Crippen molar-refractivity contribution >= 4 is 12.4 Å². The van der Waals surface area contributed by atoms with E-state index in [9.17, 15) is 0 Å². The number of piperidine rings is 1. The zero-order valence-electron chi connectivity index (χ0n) is 7.77. The lowest BCUT2D eigenvalue weighted by Crippen LogP contribution is -2.49. The van der Waals surface area contributed by atoms with Gasteiger partial charge in [-0.25, -0.2) is 0 Å². The largest absolute Gasteiger partial charge is 0.311 e. The van der Waals surface area contributed by atoms with E-state index in [4.69, 9.17) is 0 Å². The fraction of sp³-hybridized carbons (Fsp3) is 1.00. The first-order chi connectivity index (χ1) is 5.41. The second kappa shape index (κ2) is 4.48. The summed E-state index contributed by atoms with van der Waals surface area (Å²) in [6.07, 6.45) is 11.6. The molecule has 1 saturated carbocycles. The van der Waals surface area contributed by atoms with Gasteiger partial charge in [0.2, 0.25) is 0 Å². The first-order valence-corrected chi connectivity index (χ1v) is 5.16. The Labute approximate surface area is 81.7 Å². The van der Waals surface area contributed by atoms with Crippen LogP contribution in [-0.4, -0.2) is 12.1 Å². The highest BCUT2D eigenvalue weighted by molar-refractivity contribution is 5.85. The van der Waals surface area contributed by atoms with Crippen molar-refractivity contribution < 1.29 is 0 Å². The van der Waals surface area contributed by atoms with Crippen LogP contribution in [-0.2, 0) is 0 Å². The molecule has 1 spiro atoms. The Morgan fingerprint density at radius 3 is 1.83 bits per heavy atom. The van der Waals surface area contributed by atoms with Gasteiger partial charge in [-0.1, -0.05) is 25.7 Å². The van der Waals surface area contributed by atoms with E-state index in [2.05, 4.69) is 5.32 Å². The molecule has 0 unspecified atom stereocenters. The Hall–Kier alpha value is 0.250. The Balaban J connectivity index is 0.000000720. The number of rotatable bonds is 0. The van der Waals surface area contributed by atoms with Crippen LogP contribution in [0, 0.1) is 0 Å². The minimum absolute atomic E-state index is 0. The maximum atomic E-state index is 3.73. The topological polar surface area (TPSA) is 12.0 Å². The highest BCUT2D eigenvalue weighted by Crippen LogP contribution is 2.34. The average Bonchev–Trinajstić information content (AvgIpc) is 2.07. The van der Waals surface area contributed by atoms with Crippen molar-refractivity contribution in [2.45, 2.75) is 56.9 Å². The average molecular weight is 190 g/mol. The zero-order valence-corrected chi connectivity index (χ0v) is 8.59. The van der Waals surface area contributed by atoms with Gasteiger partial charge in [0.15, 0.2) is 0 Å². The van der Waals surface area contributed by atoms with Crippen molar-refractivity contribution in [3.8, 4) is 0 Å². The first kappa shape index (κ1) is 10.3. The van der Waals surface area contributed by atoms with Crippen molar-refractivity contribution in [1.29, 1.82) is 0 Å². The summed E-state index contributed by atoms with van der Waals surface area (Å²) in [6, 6.07) is 0. The van der Waals surface area contributed by atoms with Gasteiger partial charge in [0.05, 0.1) is 0 Å². The molecule has 0 bridgehead atoms. The number of nitrogens with one attached hydrogen (secondary N) is 1. The molecule has 72 valence electrons. The Bertz CT molecular complexity index is 104. The third-order valence-corrected chi connectivity index (χ3v) is 3.39. The van der Waals surface area contributed by atoms with Crippen molar-refractivity contribution in [3.63, 3.8) is 0 Å². The molecule has 12 heavy (non-hydrogen) atoms. The fourth-order valence-electron chi connectivity index (χ4n) is 2.69. The molecule has 1 aliphatic carbocycles. The van der Waals surface area contributed by atoms with Crippen LogP contribution in [0.3, 0.4) is 0 Å². The van der Waals surface area contributed by atoms with Crippen LogP contribution in [0.1, 0.15) is 51.4 Å². The summed E-state index contributed by atoms with van der Waals surface area (Å²) in [4.78, 5) is 0. The van der Waals surface area contributed by atoms with Gasteiger partial charge in [0.25, 0.3) is 0 Å². The molecule has 0 radical (unpaired) electrons. The predicted molar refractivity (Wildman–Crippen MR) is 54.9 cm³/mol. The SMILES string of the molecule is C1CCC2(CC1)CCCCN2.Cl. The molecule has 1 N–H and O–H groups in total. The summed E-state index contributed by atoms with van der Waals surface area (Å²) < 4.78 is 0. The summed E-state index contributed by atoms with van der Waals surface area (Å²) in [7, 11) is 0. The van der Waals surface area contributed by atoms with Crippen LogP contribution < -0.4 is 5.32 Å². The Morgan fingerprint density at radius 2 is 1.33 bits per heavy atom. The molecule has 2 fully saturated rings. The van der Waals surface area contributed by atoms with Crippen molar-refractivity contribution in [2.24, 2.45) is 0 Å². The number of hydrogen-bond donors (Lipinski definition) is 1. The Morgan fingerprint density at radius 1 is 0.750 bits per heavy atom. The Kier molecular flexibility index (Phi) is 3.85. The van der Waals surface area contributed by atoms with E-state index in [0.29, 0.717) is 5.54 Å². The molecule has 0 aromatic heterocycles. The smallest absolute Gasteiger partial charge is 0.0181 e. The molecular weight excluding hydrogens is 170 g/mol. The van der Waals surface area contributed by atoms with E-state index in [1.54, 1.807) is 0 Å². The van der Waals surface area contributed by atoms with Crippen LogP contribution in [0.15, 0.2) is 0 Å². The highest BCUT2D eigenvalue weighted by Gasteiger charge is 2.32. The monoisotopic (exact) mass is 189 g/mol. The van der Waals surface area contributed by atoms with Gasteiger partial charge in [0, 0.05) is 5.54 Å². The highest BCUT2D eigenvalue weighted by atomic mass is 35.5. The molecule has 2 heteroatoms. The first-order valence-electron chi connectivity index (χ1n) is 5.16. The molecule has 1 heterocycles. The molecular formula is C10H20ClN. The van der Waals surface area contributed by atoms with Crippen LogP contribution in [0.5, 0.6) is 0 Å². The lowest BCUT2D eigenvalue weighted by molar-refractivity contribution is 0.184. The van der Waals surface area contributed by atoms with Crippen molar-refractivity contribution in [2.75, 3.05) is 6.54 Å². The quantitative estimate of drug-likeness (QED) is 0.618. The maximum Gasteiger partial charge on any atom is 0.0181 e. The third-order valence-electron chi connectivity index (χ3n) is 3.39. The molecule has 0 atom stereocenters. The van der Waals surface area contributed by atoms with Crippen LogP contribution in [0.4, 0.5) is 0 Å². The summed E-state index contributed by atoms with van der Waals surface area (Å²) in [5, 5.41) is 3.73. The van der Waals surface area contributed by atoms with E-state index in [-0.39, 0.29) is 12.4 Å². The number of halogens is 1. The van der Waals surface area contributed by atoms with Gasteiger partial charge in [-0.2, -0.15) is 0 Å². The normalized spacial score (nSPS) is 28.0. The maximum absolute atomic E-state index is 3.73. The lowest BCUT2D eigenvalue weighted by Gasteiger charge is -2.41. The molecule has 1 saturated heterocycles. The molecule has 2 rings (SSSR count). The second-order valence-corrected chi connectivity index (χ2v) is 4.22. The van der Waals surface area contributed by atoms with Gasteiger partial charge < -0.3 is 5.32 Å². The molecule has 2 aliphatic rings. The third kappa shape index (κ3) is 2.14. The van der Waals surface area contributed by atoms with Crippen molar-refractivity contribution in [3.05, 3.63) is 0 Å². The van der Waals surface area contributed by atoms with E-state index in [0.717, 1.165) is 0 Å². The van der Waals surface area contributed by atoms with E-state index >= 15 is 0 Å². The molecule has 1 aliphatic heterocycles. The zero-order chi connectivity index (χ0) is 7.57. The fourth-order valence-corrected chi connectivity index (χ4v) is 2.69. The summed E-state index contributed by atoms with van der Waals surface area (Å²) in [6.45, 7) is 1.28. The summed E-state index contributed by atoms with van der Waals surface area (Å²) >= 11 is 0. The molecule has 0 aromatic rings. The van der Waals surface area contributed by atoms with E-state index in [1.165, 1.54) is 57.9 Å². The molecule has 1 nitrogen and oxygen atoms in total. The van der Waals surface area contributed by atoms with Gasteiger partial charge in [-0.05, 0) is 32.2 Å². The second-order valence-electron chi connectivity index (χ2n) is 4.22. The summed E-state index contributed by atoms with van der Waals surface area (Å²) in [5.41, 5.74) is 0.608. The minimum atomic E-state index is 0. The summed E-state index contributed by atoms with van der Waals surface area (Å²) in [5.74, 6) is 0. The van der Waals surface area contributed by atoms with Gasteiger partial charge in [0.1, 0.15) is 0 Å². The number of hydrogen-bond acceptors (Lipinski definition) is 1. The van der Waals surface area contributed by atoms with Crippen LogP contribution >= 0.6 is 12.4 Å². The standard InChI is InChI=1S/C10H19N.ClH/c1-2-6-10(7-3-1)8-4-5-9-11-10;/h11H,1-9H2;1H. The van der Waals surface area contributed by atoms with Crippen molar-refractivity contribution in [1.82, 2.24) is 5.32 Å². The lowest BCUT2D eigenvalue weighted by atomic mass is 9.76. The van der Waals surface area contributed by atoms with Crippen LogP contribution in [0.25, 0.3) is 0 Å². The van der Waals surface area contributed by atoms with E-state index < -0.39 is 0 Å². The molecule has 0 amide bonds. The van der Waals surface area contributed by atoms with Gasteiger partial charge in [-0.3, -0.25) is 0 Å². The predicted octanol–water partition coefficient (Wildman–Crippen LogP) is 2.88. The minimum Gasteiger partial charge on any atom is -0.311 e. The van der Waals surface area contributed by atoms with E-state index in [1.807, 2.05) is 0 Å².